The van der Waals surface area contributed by atoms with Crippen molar-refractivity contribution >= 4 is 34.9 Å². The third-order valence-corrected chi connectivity index (χ3v) is 7.68. The van der Waals surface area contributed by atoms with Crippen molar-refractivity contribution < 1.29 is 23.9 Å². The first-order valence-electron chi connectivity index (χ1n) is 13.8. The van der Waals surface area contributed by atoms with Gasteiger partial charge in [-0.3, -0.25) is 24.1 Å². The van der Waals surface area contributed by atoms with E-state index in [-0.39, 0.29) is 30.5 Å². The Morgan fingerprint density at radius 3 is 2.41 bits per heavy atom. The van der Waals surface area contributed by atoms with E-state index in [9.17, 15) is 19.2 Å². The van der Waals surface area contributed by atoms with Gasteiger partial charge in [-0.15, -0.1) is 0 Å². The Hall–Kier alpha value is -4.72. The second-order valence-corrected chi connectivity index (χ2v) is 10.5. The second kappa shape index (κ2) is 12.2. The lowest BCUT2D eigenvalue weighted by Gasteiger charge is -2.37. The highest BCUT2D eigenvalue weighted by atomic mass is 16.5. The van der Waals surface area contributed by atoms with Gasteiger partial charge in [-0.2, -0.15) is 0 Å². The summed E-state index contributed by atoms with van der Waals surface area (Å²) in [6.07, 6.45) is 6.32. The number of hydrogen-bond acceptors (Lipinski definition) is 5. The molecule has 0 spiro atoms. The molecule has 1 aliphatic carbocycles. The minimum absolute atomic E-state index is 0.129. The molecule has 0 aromatic heterocycles. The number of aryl methyl sites for hydroxylation is 1. The summed E-state index contributed by atoms with van der Waals surface area (Å²) in [6.45, 7) is 1.82. The van der Waals surface area contributed by atoms with Gasteiger partial charge >= 0.3 is 0 Å². The summed E-state index contributed by atoms with van der Waals surface area (Å²) >= 11 is 0. The Morgan fingerprint density at radius 1 is 1.00 bits per heavy atom. The number of rotatable bonds is 9. The van der Waals surface area contributed by atoms with Crippen LogP contribution in [-0.4, -0.2) is 48.1 Å². The molecule has 5 rings (SSSR count). The van der Waals surface area contributed by atoms with Crippen molar-refractivity contribution in [2.75, 3.05) is 23.9 Å². The maximum atomic E-state index is 14.2. The lowest BCUT2D eigenvalue weighted by atomic mass is 9.85. The number of methoxy groups -OCH3 is 1. The van der Waals surface area contributed by atoms with Crippen molar-refractivity contribution in [3.8, 4) is 5.75 Å². The lowest BCUT2D eigenvalue weighted by molar-refractivity contribution is -0.140. The average molecular weight is 552 g/mol. The Kier molecular flexibility index (Phi) is 8.29. The van der Waals surface area contributed by atoms with Crippen LogP contribution in [0.15, 0.2) is 84.9 Å². The Morgan fingerprint density at radius 2 is 1.73 bits per heavy atom. The zero-order valence-electron chi connectivity index (χ0n) is 23.2. The normalized spacial score (nSPS) is 16.7. The van der Waals surface area contributed by atoms with Crippen molar-refractivity contribution in [2.45, 2.75) is 38.8 Å². The van der Waals surface area contributed by atoms with Gasteiger partial charge in [-0.1, -0.05) is 54.1 Å². The first-order chi connectivity index (χ1) is 19.9. The molecule has 8 nitrogen and oxygen atoms in total. The van der Waals surface area contributed by atoms with Gasteiger partial charge in [0.1, 0.15) is 18.3 Å². The summed E-state index contributed by atoms with van der Waals surface area (Å²) in [4.78, 5) is 56.5. The number of carbonyl (C=O) groups excluding carboxylic acids is 4. The molecular formula is C33H33N3O5. The monoisotopic (exact) mass is 551 g/mol. The molecule has 0 bridgehead atoms. The van der Waals surface area contributed by atoms with E-state index in [1.165, 1.54) is 4.90 Å². The van der Waals surface area contributed by atoms with Crippen LogP contribution in [0.2, 0.25) is 0 Å². The first kappa shape index (κ1) is 27.8. The van der Waals surface area contributed by atoms with Gasteiger partial charge in [0.05, 0.1) is 18.4 Å². The summed E-state index contributed by atoms with van der Waals surface area (Å²) < 4.78 is 5.24. The summed E-state index contributed by atoms with van der Waals surface area (Å²) in [5, 5.41) is 3.00. The summed E-state index contributed by atoms with van der Waals surface area (Å²) in [5.41, 5.74) is 3.22. The van der Waals surface area contributed by atoms with E-state index in [1.54, 1.807) is 60.5 Å². The molecule has 8 heteroatoms. The highest BCUT2D eigenvalue weighted by Crippen LogP contribution is 2.31. The largest absolute Gasteiger partial charge is 0.497 e. The van der Waals surface area contributed by atoms with Crippen molar-refractivity contribution in [3.63, 3.8) is 0 Å². The Labute approximate surface area is 239 Å². The Bertz CT molecular complexity index is 1480. The molecule has 3 aromatic carbocycles. The quantitative estimate of drug-likeness (QED) is 0.301. The fourth-order valence-electron chi connectivity index (χ4n) is 5.47. The van der Waals surface area contributed by atoms with E-state index in [4.69, 9.17) is 4.74 Å². The third kappa shape index (κ3) is 6.06. The molecule has 1 aliphatic heterocycles. The van der Waals surface area contributed by atoms with Gasteiger partial charge in [0.15, 0.2) is 0 Å². The van der Waals surface area contributed by atoms with Gasteiger partial charge in [0.2, 0.25) is 11.8 Å². The number of allylic oxidation sites excluding steroid dienone is 2. The lowest BCUT2D eigenvalue weighted by Crippen LogP contribution is -2.54. The maximum Gasteiger partial charge on any atom is 0.299 e. The van der Waals surface area contributed by atoms with Crippen LogP contribution < -0.4 is 15.0 Å². The van der Waals surface area contributed by atoms with Crippen molar-refractivity contribution in [1.82, 2.24) is 4.90 Å². The van der Waals surface area contributed by atoms with Crippen LogP contribution in [0.4, 0.5) is 11.4 Å². The molecule has 0 saturated heterocycles. The third-order valence-electron chi connectivity index (χ3n) is 7.68. The average Bonchev–Trinajstić information content (AvgIpc) is 3.23. The van der Waals surface area contributed by atoms with Crippen molar-refractivity contribution in [2.24, 2.45) is 5.92 Å². The number of amides is 3. The molecule has 2 atom stereocenters. The van der Waals surface area contributed by atoms with E-state index >= 15 is 0 Å². The number of benzene rings is 3. The van der Waals surface area contributed by atoms with Crippen LogP contribution in [-0.2, 0) is 20.9 Å². The zero-order valence-corrected chi connectivity index (χ0v) is 23.2. The number of fused-ring (bicyclic) bond motifs is 1. The SMILES string of the molecule is COc1ccc(NC(=O)C(C2CC=CCC2)N(Cc2ccc(C)cc2)C(=O)CN2C(=O)C(=O)c3ccccc32)cc1. The minimum atomic E-state index is -0.806. The van der Waals surface area contributed by atoms with E-state index in [1.807, 2.05) is 31.2 Å². The number of para-hydroxylation sites is 1. The number of anilines is 2. The van der Waals surface area contributed by atoms with E-state index in [2.05, 4.69) is 17.5 Å². The topological polar surface area (TPSA) is 96.0 Å². The fourth-order valence-corrected chi connectivity index (χ4v) is 5.47. The van der Waals surface area contributed by atoms with Gasteiger partial charge in [-0.25, -0.2) is 0 Å². The highest BCUT2D eigenvalue weighted by molar-refractivity contribution is 6.52. The molecule has 2 aliphatic rings. The molecule has 1 N–H and O–H groups in total. The molecule has 3 aromatic rings. The second-order valence-electron chi connectivity index (χ2n) is 10.5. The van der Waals surface area contributed by atoms with Crippen molar-refractivity contribution in [1.29, 1.82) is 0 Å². The summed E-state index contributed by atoms with van der Waals surface area (Å²) in [6, 6.07) is 20.7. The van der Waals surface area contributed by atoms with Crippen LogP contribution in [0, 0.1) is 12.8 Å². The van der Waals surface area contributed by atoms with Crippen LogP contribution in [0.5, 0.6) is 5.75 Å². The number of ketones is 1. The number of nitrogens with one attached hydrogen (secondary N) is 1. The zero-order chi connectivity index (χ0) is 28.9. The van der Waals surface area contributed by atoms with Crippen LogP contribution in [0.1, 0.15) is 40.7 Å². The molecular weight excluding hydrogens is 518 g/mol. The van der Waals surface area contributed by atoms with E-state index in [0.717, 1.165) is 24.0 Å². The van der Waals surface area contributed by atoms with Gasteiger partial charge in [0.25, 0.3) is 11.7 Å². The van der Waals surface area contributed by atoms with Crippen molar-refractivity contribution in [3.05, 3.63) is 102 Å². The minimum Gasteiger partial charge on any atom is -0.497 e. The highest BCUT2D eigenvalue weighted by Gasteiger charge is 2.41. The van der Waals surface area contributed by atoms with Crippen LogP contribution in [0.25, 0.3) is 0 Å². The summed E-state index contributed by atoms with van der Waals surface area (Å²) in [5.74, 6) is -1.55. The number of hydrogen-bond donors (Lipinski definition) is 1. The maximum absolute atomic E-state index is 14.2. The van der Waals surface area contributed by atoms with Gasteiger partial charge in [0, 0.05) is 12.2 Å². The van der Waals surface area contributed by atoms with E-state index < -0.39 is 23.6 Å². The standard InChI is InChI=1S/C33H33N3O5/c1-22-12-14-23(15-13-22)20-36(29(37)21-35-28-11-7-6-10-27(28)31(38)33(35)40)30(24-8-4-3-5-9-24)32(39)34-25-16-18-26(41-2)19-17-25/h3-4,6-7,10-19,24,30H,5,8-9,20-21H2,1-2H3,(H,34,39). The summed E-state index contributed by atoms with van der Waals surface area (Å²) in [7, 11) is 1.58. The van der Waals surface area contributed by atoms with Gasteiger partial charge in [-0.05, 0) is 74.1 Å². The molecule has 210 valence electrons. The molecule has 3 amide bonds. The molecule has 0 radical (unpaired) electrons. The van der Waals surface area contributed by atoms with Crippen LogP contribution >= 0.6 is 0 Å². The molecule has 2 unspecified atom stereocenters. The number of carbonyl (C=O) groups is 4. The smallest absolute Gasteiger partial charge is 0.299 e. The predicted octanol–water partition coefficient (Wildman–Crippen LogP) is 4.93. The number of nitrogens with zero attached hydrogens (tertiary/aromatic N) is 2. The Balaban J connectivity index is 1.49. The molecule has 1 heterocycles. The first-order valence-corrected chi connectivity index (χ1v) is 13.8. The van der Waals surface area contributed by atoms with Gasteiger partial charge < -0.3 is 15.0 Å². The fraction of sp³-hybridized carbons (Fsp3) is 0.273. The van der Waals surface area contributed by atoms with E-state index in [0.29, 0.717) is 23.5 Å². The molecule has 0 saturated carbocycles. The molecule has 41 heavy (non-hydrogen) atoms. The molecule has 0 fully saturated rings. The predicted molar refractivity (Wildman–Crippen MR) is 157 cm³/mol. The number of Topliss-reactive ketones (excluding diaryl/α,β-unsaturated/α-hetero) is 1. The van der Waals surface area contributed by atoms with Crippen LogP contribution in [0.3, 0.4) is 0 Å². The number of ether oxygens (including phenoxy) is 1.